The molecule has 0 saturated heterocycles. The largest absolute Gasteiger partial charge is 0.353 e. The van der Waals surface area contributed by atoms with E-state index in [1.807, 2.05) is 20.0 Å². The summed E-state index contributed by atoms with van der Waals surface area (Å²) in [5.41, 5.74) is 7.85. The first kappa shape index (κ1) is 17.0. The molecular formula is C14H25ClN4O. The highest BCUT2D eigenvalue weighted by Crippen LogP contribution is 2.26. The molecule has 2 rings (SSSR count). The maximum atomic E-state index is 12.5. The number of carbonyl (C=O) groups is 1. The Labute approximate surface area is 126 Å². The minimum Gasteiger partial charge on any atom is -0.353 e. The number of rotatable bonds is 5. The Hall–Kier alpha value is -1.07. The Morgan fingerprint density at radius 2 is 2.25 bits per heavy atom. The van der Waals surface area contributed by atoms with Crippen molar-refractivity contribution in [2.45, 2.75) is 52.0 Å². The number of nitrogens with one attached hydrogen (secondary N) is 2. The van der Waals surface area contributed by atoms with Gasteiger partial charge >= 0.3 is 0 Å². The molecule has 0 saturated carbocycles. The number of carbonyl (C=O) groups excluding carboxylic acids is 1. The number of aryl methyl sites for hydroxylation is 1. The molecule has 1 atom stereocenters. The molecule has 1 unspecified atom stereocenters. The highest BCUT2D eigenvalue weighted by Gasteiger charge is 2.35. The van der Waals surface area contributed by atoms with Crippen LogP contribution in [0.4, 0.5) is 0 Å². The molecule has 5 nitrogen and oxygen atoms in total. The SMILES string of the molecule is CCC(CC)(CN)C(=O)NC1CCc2[nH]ncc2C1.Cl. The molecule has 0 spiro atoms. The second-order valence-corrected chi connectivity index (χ2v) is 5.48. The smallest absolute Gasteiger partial charge is 0.227 e. The number of hydrogen-bond donors (Lipinski definition) is 3. The Morgan fingerprint density at radius 3 is 2.85 bits per heavy atom. The second kappa shape index (κ2) is 7.09. The number of nitrogens with zero attached hydrogens (tertiary/aromatic N) is 1. The number of H-pyrrole nitrogens is 1. The van der Waals surface area contributed by atoms with Crippen molar-refractivity contribution in [1.29, 1.82) is 0 Å². The Morgan fingerprint density at radius 1 is 1.55 bits per heavy atom. The van der Waals surface area contributed by atoms with Gasteiger partial charge in [0.15, 0.2) is 0 Å². The molecule has 4 N–H and O–H groups in total. The van der Waals surface area contributed by atoms with Crippen molar-refractivity contribution < 1.29 is 4.79 Å². The van der Waals surface area contributed by atoms with Crippen LogP contribution in [0, 0.1) is 5.41 Å². The molecule has 20 heavy (non-hydrogen) atoms. The molecule has 0 fully saturated rings. The lowest BCUT2D eigenvalue weighted by Gasteiger charge is -2.32. The van der Waals surface area contributed by atoms with Gasteiger partial charge in [-0.2, -0.15) is 5.10 Å². The van der Waals surface area contributed by atoms with E-state index in [-0.39, 0.29) is 24.4 Å². The predicted octanol–water partition coefficient (Wildman–Crippen LogP) is 1.57. The summed E-state index contributed by atoms with van der Waals surface area (Å²) in [5.74, 6) is 0.108. The van der Waals surface area contributed by atoms with Gasteiger partial charge in [-0.3, -0.25) is 9.89 Å². The maximum Gasteiger partial charge on any atom is 0.227 e. The topological polar surface area (TPSA) is 83.8 Å². The fraction of sp³-hybridized carbons (Fsp3) is 0.714. The van der Waals surface area contributed by atoms with Crippen LogP contribution in [0.1, 0.15) is 44.4 Å². The third kappa shape index (κ3) is 3.15. The molecule has 1 heterocycles. The van der Waals surface area contributed by atoms with Gasteiger partial charge in [-0.1, -0.05) is 13.8 Å². The zero-order chi connectivity index (χ0) is 13.9. The highest BCUT2D eigenvalue weighted by atomic mass is 35.5. The van der Waals surface area contributed by atoms with Gasteiger partial charge in [0.25, 0.3) is 0 Å². The summed E-state index contributed by atoms with van der Waals surface area (Å²) in [5, 5.41) is 10.3. The van der Waals surface area contributed by atoms with Crippen LogP contribution in [-0.2, 0) is 17.6 Å². The molecule has 0 aromatic carbocycles. The summed E-state index contributed by atoms with van der Waals surface area (Å²) >= 11 is 0. The molecule has 6 heteroatoms. The third-order valence-electron chi connectivity index (χ3n) is 4.58. The molecule has 114 valence electrons. The lowest BCUT2D eigenvalue weighted by atomic mass is 9.80. The summed E-state index contributed by atoms with van der Waals surface area (Å²) in [6.07, 6.45) is 6.23. The number of halogens is 1. The molecule has 1 aromatic heterocycles. The average molecular weight is 301 g/mol. The van der Waals surface area contributed by atoms with E-state index in [1.165, 1.54) is 11.3 Å². The monoisotopic (exact) mass is 300 g/mol. The van der Waals surface area contributed by atoms with Crippen molar-refractivity contribution >= 4 is 18.3 Å². The number of nitrogens with two attached hydrogens (primary N) is 1. The molecule has 1 aliphatic rings. The van der Waals surface area contributed by atoms with Crippen molar-refractivity contribution in [3.05, 3.63) is 17.5 Å². The fourth-order valence-electron chi connectivity index (χ4n) is 2.83. The van der Waals surface area contributed by atoms with Crippen LogP contribution in [0.2, 0.25) is 0 Å². The predicted molar refractivity (Wildman–Crippen MR) is 81.9 cm³/mol. The zero-order valence-electron chi connectivity index (χ0n) is 12.2. The van der Waals surface area contributed by atoms with Crippen LogP contribution in [0.3, 0.4) is 0 Å². The first-order chi connectivity index (χ1) is 9.15. The van der Waals surface area contributed by atoms with E-state index in [0.29, 0.717) is 6.54 Å². The number of aromatic nitrogens is 2. The lowest BCUT2D eigenvalue weighted by Crippen LogP contribution is -2.50. The van der Waals surface area contributed by atoms with Gasteiger partial charge in [0.1, 0.15) is 0 Å². The van der Waals surface area contributed by atoms with E-state index >= 15 is 0 Å². The summed E-state index contributed by atoms with van der Waals surface area (Å²) in [7, 11) is 0. The van der Waals surface area contributed by atoms with E-state index < -0.39 is 5.41 Å². The molecular weight excluding hydrogens is 276 g/mol. The standard InChI is InChI=1S/C14H24N4O.ClH/c1-3-14(4-2,9-15)13(19)17-11-5-6-12-10(7-11)8-16-18-12;/h8,11H,3-7,9,15H2,1-2H3,(H,16,18)(H,17,19);1H. The highest BCUT2D eigenvalue weighted by molar-refractivity contribution is 5.85. The van der Waals surface area contributed by atoms with E-state index in [0.717, 1.165) is 32.1 Å². The number of hydrogen-bond acceptors (Lipinski definition) is 3. The van der Waals surface area contributed by atoms with Gasteiger partial charge in [0.05, 0.1) is 11.6 Å². The van der Waals surface area contributed by atoms with Crippen molar-refractivity contribution in [3.63, 3.8) is 0 Å². The zero-order valence-corrected chi connectivity index (χ0v) is 13.1. The molecule has 1 aliphatic carbocycles. The third-order valence-corrected chi connectivity index (χ3v) is 4.58. The van der Waals surface area contributed by atoms with Crippen LogP contribution in [-0.4, -0.2) is 28.7 Å². The van der Waals surface area contributed by atoms with Gasteiger partial charge in [0.2, 0.25) is 5.91 Å². The van der Waals surface area contributed by atoms with Crippen LogP contribution in [0.5, 0.6) is 0 Å². The summed E-state index contributed by atoms with van der Waals surface area (Å²) in [6, 6.07) is 0.210. The number of aromatic amines is 1. The van der Waals surface area contributed by atoms with Gasteiger partial charge in [-0.15, -0.1) is 12.4 Å². The van der Waals surface area contributed by atoms with Crippen LogP contribution in [0.15, 0.2) is 6.20 Å². The summed E-state index contributed by atoms with van der Waals surface area (Å²) < 4.78 is 0. The van der Waals surface area contributed by atoms with Gasteiger partial charge in [0, 0.05) is 18.3 Å². The van der Waals surface area contributed by atoms with Gasteiger partial charge in [-0.05, 0) is 37.7 Å². The summed E-state index contributed by atoms with van der Waals surface area (Å²) in [4.78, 5) is 12.5. The van der Waals surface area contributed by atoms with Gasteiger partial charge in [-0.25, -0.2) is 0 Å². The Kier molecular flexibility index (Phi) is 6.02. The van der Waals surface area contributed by atoms with Crippen molar-refractivity contribution in [1.82, 2.24) is 15.5 Å². The second-order valence-electron chi connectivity index (χ2n) is 5.48. The van der Waals surface area contributed by atoms with Crippen molar-refractivity contribution in [2.75, 3.05) is 6.54 Å². The molecule has 0 bridgehead atoms. The maximum absolute atomic E-state index is 12.5. The van der Waals surface area contributed by atoms with Crippen LogP contribution in [0.25, 0.3) is 0 Å². The lowest BCUT2D eigenvalue weighted by molar-refractivity contribution is -0.131. The van der Waals surface area contributed by atoms with Crippen molar-refractivity contribution in [2.24, 2.45) is 11.1 Å². The molecule has 1 aromatic rings. The van der Waals surface area contributed by atoms with Crippen molar-refractivity contribution in [3.8, 4) is 0 Å². The first-order valence-corrected chi connectivity index (χ1v) is 7.17. The molecule has 0 aliphatic heterocycles. The summed E-state index contributed by atoms with van der Waals surface area (Å²) in [6.45, 7) is 4.48. The van der Waals surface area contributed by atoms with Crippen LogP contribution < -0.4 is 11.1 Å². The Bertz CT molecular complexity index is 434. The van der Waals surface area contributed by atoms with E-state index in [2.05, 4.69) is 15.5 Å². The van der Waals surface area contributed by atoms with Gasteiger partial charge < -0.3 is 11.1 Å². The first-order valence-electron chi connectivity index (χ1n) is 7.17. The minimum atomic E-state index is -0.406. The quantitative estimate of drug-likeness (QED) is 0.772. The fourth-order valence-corrected chi connectivity index (χ4v) is 2.83. The minimum absolute atomic E-state index is 0. The van der Waals surface area contributed by atoms with E-state index in [9.17, 15) is 4.79 Å². The molecule has 0 radical (unpaired) electrons. The van der Waals surface area contributed by atoms with Crippen LogP contribution >= 0.6 is 12.4 Å². The van der Waals surface area contributed by atoms with E-state index in [1.54, 1.807) is 0 Å². The average Bonchev–Trinajstić information content (AvgIpc) is 2.89. The Balaban J connectivity index is 0.00000200. The number of fused-ring (bicyclic) bond motifs is 1. The van der Waals surface area contributed by atoms with E-state index in [4.69, 9.17) is 5.73 Å². The normalized spacial score (nSPS) is 18.1. The molecule has 1 amide bonds. The number of amides is 1.